The molecule has 0 radical (unpaired) electrons. The Morgan fingerprint density at radius 1 is 1.12 bits per heavy atom. The predicted octanol–water partition coefficient (Wildman–Crippen LogP) is 3.87. The van der Waals surface area contributed by atoms with E-state index in [1.807, 2.05) is 6.07 Å². The highest BCUT2D eigenvalue weighted by atomic mass is 35.5. The molecule has 0 aliphatic rings. The monoisotopic (exact) mass is 250 g/mol. The lowest BCUT2D eigenvalue weighted by molar-refractivity contribution is 0.215. The van der Waals surface area contributed by atoms with Gasteiger partial charge in [-0.25, -0.2) is 4.39 Å². The molecule has 2 aromatic rings. The van der Waals surface area contributed by atoms with E-state index in [9.17, 15) is 9.50 Å². The average Bonchev–Trinajstić information content (AvgIpc) is 2.35. The fourth-order valence-electron chi connectivity index (χ4n) is 1.73. The third-order valence-electron chi connectivity index (χ3n) is 2.71. The van der Waals surface area contributed by atoms with Crippen LogP contribution < -0.4 is 0 Å². The maximum Gasteiger partial charge on any atom is 0.130 e. The number of hydrogen-bond donors (Lipinski definition) is 1. The zero-order valence-corrected chi connectivity index (χ0v) is 10.1. The van der Waals surface area contributed by atoms with E-state index in [0.29, 0.717) is 5.56 Å². The van der Waals surface area contributed by atoms with E-state index in [4.69, 9.17) is 11.6 Å². The lowest BCUT2D eigenvalue weighted by Gasteiger charge is -2.15. The number of aliphatic hydroxyl groups is 1. The minimum Gasteiger partial charge on any atom is -0.383 e. The summed E-state index contributed by atoms with van der Waals surface area (Å²) in [7, 11) is 0. The van der Waals surface area contributed by atoms with Gasteiger partial charge < -0.3 is 5.11 Å². The Hall–Kier alpha value is -1.38. The van der Waals surface area contributed by atoms with Crippen molar-refractivity contribution in [3.63, 3.8) is 0 Å². The molecular formula is C14H12ClFO. The highest BCUT2D eigenvalue weighted by Crippen LogP contribution is 2.32. The molecular weight excluding hydrogens is 239 g/mol. The SMILES string of the molecule is Cc1ccc(F)c(C(O)c2ccccc2)c1Cl. The molecule has 0 heterocycles. The molecule has 1 unspecified atom stereocenters. The quantitative estimate of drug-likeness (QED) is 0.858. The molecule has 2 rings (SSSR count). The summed E-state index contributed by atoms with van der Waals surface area (Å²) in [4.78, 5) is 0. The first-order valence-electron chi connectivity index (χ1n) is 5.28. The summed E-state index contributed by atoms with van der Waals surface area (Å²) in [6.07, 6.45) is -1.04. The van der Waals surface area contributed by atoms with Gasteiger partial charge in [0.15, 0.2) is 0 Å². The van der Waals surface area contributed by atoms with Gasteiger partial charge in [0.25, 0.3) is 0 Å². The van der Waals surface area contributed by atoms with E-state index in [2.05, 4.69) is 0 Å². The molecule has 17 heavy (non-hydrogen) atoms. The molecule has 0 aliphatic heterocycles. The Kier molecular flexibility index (Phi) is 3.46. The number of benzene rings is 2. The zero-order chi connectivity index (χ0) is 12.4. The third kappa shape index (κ3) is 2.33. The molecule has 0 bridgehead atoms. The Balaban J connectivity index is 2.51. The highest BCUT2D eigenvalue weighted by molar-refractivity contribution is 6.32. The van der Waals surface area contributed by atoms with Crippen molar-refractivity contribution in [1.29, 1.82) is 0 Å². The second kappa shape index (κ2) is 4.86. The Labute approximate surface area is 104 Å². The molecule has 2 aromatic carbocycles. The van der Waals surface area contributed by atoms with Gasteiger partial charge in [-0.1, -0.05) is 48.0 Å². The second-order valence-electron chi connectivity index (χ2n) is 3.91. The number of aryl methyl sites for hydroxylation is 1. The Bertz CT molecular complexity index is 525. The topological polar surface area (TPSA) is 20.2 Å². The smallest absolute Gasteiger partial charge is 0.130 e. The van der Waals surface area contributed by atoms with E-state index in [0.717, 1.165) is 5.56 Å². The molecule has 0 fully saturated rings. The van der Waals surface area contributed by atoms with Gasteiger partial charge in [-0.15, -0.1) is 0 Å². The summed E-state index contributed by atoms with van der Waals surface area (Å²) in [6.45, 7) is 1.78. The molecule has 0 saturated heterocycles. The summed E-state index contributed by atoms with van der Waals surface area (Å²) in [5, 5.41) is 10.4. The van der Waals surface area contributed by atoms with Gasteiger partial charge in [0.2, 0.25) is 0 Å². The van der Waals surface area contributed by atoms with Crippen LogP contribution in [0.2, 0.25) is 5.02 Å². The first-order valence-corrected chi connectivity index (χ1v) is 5.66. The maximum absolute atomic E-state index is 13.7. The predicted molar refractivity (Wildman–Crippen MR) is 66.7 cm³/mol. The zero-order valence-electron chi connectivity index (χ0n) is 9.32. The third-order valence-corrected chi connectivity index (χ3v) is 3.21. The number of halogens is 2. The molecule has 1 nitrogen and oxygen atoms in total. The molecule has 0 aromatic heterocycles. The molecule has 3 heteroatoms. The molecule has 1 N–H and O–H groups in total. The van der Waals surface area contributed by atoms with Crippen LogP contribution in [0.25, 0.3) is 0 Å². The lowest BCUT2D eigenvalue weighted by Crippen LogP contribution is -2.04. The van der Waals surface area contributed by atoms with Crippen LogP contribution in [0.5, 0.6) is 0 Å². The van der Waals surface area contributed by atoms with Crippen molar-refractivity contribution in [3.8, 4) is 0 Å². The number of rotatable bonds is 2. The summed E-state index contributed by atoms with van der Waals surface area (Å²) in [5.41, 5.74) is 1.51. The van der Waals surface area contributed by atoms with Gasteiger partial charge in [-0.2, -0.15) is 0 Å². The fraction of sp³-hybridized carbons (Fsp3) is 0.143. The van der Waals surface area contributed by atoms with Crippen LogP contribution in [-0.4, -0.2) is 5.11 Å². The Morgan fingerprint density at radius 2 is 1.76 bits per heavy atom. The van der Waals surface area contributed by atoms with Crippen LogP contribution in [-0.2, 0) is 0 Å². The first-order chi connectivity index (χ1) is 8.11. The van der Waals surface area contributed by atoms with Crippen LogP contribution >= 0.6 is 11.6 Å². The Morgan fingerprint density at radius 3 is 2.41 bits per heavy atom. The lowest BCUT2D eigenvalue weighted by atomic mass is 9.99. The van der Waals surface area contributed by atoms with Gasteiger partial charge in [0.05, 0.1) is 5.02 Å². The van der Waals surface area contributed by atoms with E-state index in [1.54, 1.807) is 37.3 Å². The van der Waals surface area contributed by atoms with E-state index < -0.39 is 11.9 Å². The normalized spacial score (nSPS) is 12.5. The van der Waals surface area contributed by atoms with Crippen molar-refractivity contribution in [2.75, 3.05) is 0 Å². The largest absolute Gasteiger partial charge is 0.383 e. The molecule has 1 atom stereocenters. The molecule has 0 spiro atoms. The minimum atomic E-state index is -1.04. The van der Waals surface area contributed by atoms with E-state index in [1.165, 1.54) is 6.07 Å². The summed E-state index contributed by atoms with van der Waals surface area (Å²) in [5.74, 6) is -0.489. The standard InChI is InChI=1S/C14H12ClFO/c1-9-7-8-11(16)12(13(9)15)14(17)10-5-3-2-4-6-10/h2-8,14,17H,1H3. The van der Waals surface area contributed by atoms with Crippen molar-refractivity contribution in [2.45, 2.75) is 13.0 Å². The number of aliphatic hydroxyl groups excluding tert-OH is 1. The minimum absolute atomic E-state index is 0.137. The highest BCUT2D eigenvalue weighted by Gasteiger charge is 2.19. The molecule has 0 aliphatic carbocycles. The van der Waals surface area contributed by atoms with Gasteiger partial charge in [-0.3, -0.25) is 0 Å². The van der Waals surface area contributed by atoms with Crippen LogP contribution in [0.4, 0.5) is 4.39 Å². The van der Waals surface area contributed by atoms with Gasteiger partial charge in [0.1, 0.15) is 11.9 Å². The summed E-state index contributed by atoms with van der Waals surface area (Å²) in [6, 6.07) is 11.8. The van der Waals surface area contributed by atoms with Crippen LogP contribution in [0, 0.1) is 12.7 Å². The van der Waals surface area contributed by atoms with Crippen LogP contribution in [0.1, 0.15) is 22.8 Å². The van der Waals surface area contributed by atoms with Crippen LogP contribution in [0.3, 0.4) is 0 Å². The van der Waals surface area contributed by atoms with Gasteiger partial charge in [-0.05, 0) is 24.1 Å². The number of hydrogen-bond acceptors (Lipinski definition) is 1. The van der Waals surface area contributed by atoms with Crippen molar-refractivity contribution in [3.05, 3.63) is 70.0 Å². The van der Waals surface area contributed by atoms with Gasteiger partial charge in [0, 0.05) is 5.56 Å². The summed E-state index contributed by atoms with van der Waals surface area (Å²) >= 11 is 6.04. The van der Waals surface area contributed by atoms with Crippen molar-refractivity contribution in [1.82, 2.24) is 0 Å². The molecule has 88 valence electrons. The molecule has 0 saturated carbocycles. The van der Waals surface area contributed by atoms with Crippen LogP contribution in [0.15, 0.2) is 42.5 Å². The second-order valence-corrected chi connectivity index (χ2v) is 4.28. The fourth-order valence-corrected chi connectivity index (χ4v) is 1.99. The maximum atomic E-state index is 13.7. The van der Waals surface area contributed by atoms with Crippen molar-refractivity contribution < 1.29 is 9.50 Å². The summed E-state index contributed by atoms with van der Waals surface area (Å²) < 4.78 is 13.7. The van der Waals surface area contributed by atoms with E-state index in [-0.39, 0.29) is 10.6 Å². The van der Waals surface area contributed by atoms with Crippen molar-refractivity contribution in [2.24, 2.45) is 0 Å². The van der Waals surface area contributed by atoms with E-state index >= 15 is 0 Å². The van der Waals surface area contributed by atoms with Gasteiger partial charge >= 0.3 is 0 Å². The van der Waals surface area contributed by atoms with Crippen molar-refractivity contribution >= 4 is 11.6 Å². The molecule has 0 amide bonds. The average molecular weight is 251 g/mol. The first kappa shape index (κ1) is 12.1.